The molecule has 0 saturated carbocycles. The Kier molecular flexibility index (Phi) is 8.01. The van der Waals surface area contributed by atoms with Crippen molar-refractivity contribution in [3.63, 3.8) is 0 Å². The van der Waals surface area contributed by atoms with Gasteiger partial charge in [-0.25, -0.2) is 4.79 Å². The lowest BCUT2D eigenvalue weighted by Crippen LogP contribution is -2.10. The van der Waals surface area contributed by atoms with Crippen molar-refractivity contribution in [3.8, 4) is 28.7 Å². The fraction of sp³-hybridized carbons (Fsp3) is 0.588. The SMILES string of the molecule is CCCCCCCOC(=O)c1c(O)c(O)c(OC)c(OC)c1OC. The zero-order chi connectivity index (χ0) is 18.1. The normalized spacial score (nSPS) is 10.3. The number of methoxy groups -OCH3 is 3. The number of unbranched alkanes of at least 4 members (excludes halogenated alkanes) is 4. The van der Waals surface area contributed by atoms with Crippen LogP contribution in [0, 0.1) is 0 Å². The molecule has 0 aromatic heterocycles. The van der Waals surface area contributed by atoms with E-state index >= 15 is 0 Å². The van der Waals surface area contributed by atoms with Crippen LogP contribution in [-0.4, -0.2) is 44.1 Å². The van der Waals surface area contributed by atoms with E-state index in [1.807, 2.05) is 0 Å². The summed E-state index contributed by atoms with van der Waals surface area (Å²) in [6, 6.07) is 0. The first-order valence-corrected chi connectivity index (χ1v) is 7.94. The maximum atomic E-state index is 12.3. The number of carbonyl (C=O) groups excluding carboxylic acids is 1. The second-order valence-electron chi connectivity index (χ2n) is 5.22. The second-order valence-corrected chi connectivity index (χ2v) is 5.22. The molecule has 0 saturated heterocycles. The molecule has 0 fully saturated rings. The number of ether oxygens (including phenoxy) is 4. The summed E-state index contributed by atoms with van der Waals surface area (Å²) in [5.74, 6) is -2.24. The van der Waals surface area contributed by atoms with Gasteiger partial charge in [0.25, 0.3) is 0 Å². The van der Waals surface area contributed by atoms with Crippen molar-refractivity contribution in [2.75, 3.05) is 27.9 Å². The second kappa shape index (κ2) is 9.75. The average molecular weight is 342 g/mol. The number of aromatic hydroxyl groups is 2. The highest BCUT2D eigenvalue weighted by Crippen LogP contribution is 2.52. The number of esters is 1. The van der Waals surface area contributed by atoms with Crippen LogP contribution in [0.4, 0.5) is 0 Å². The van der Waals surface area contributed by atoms with E-state index in [1.165, 1.54) is 21.3 Å². The largest absolute Gasteiger partial charge is 0.503 e. The summed E-state index contributed by atoms with van der Waals surface area (Å²) in [7, 11) is 3.94. The van der Waals surface area contributed by atoms with Crippen molar-refractivity contribution < 1.29 is 34.0 Å². The van der Waals surface area contributed by atoms with Gasteiger partial charge in [-0.3, -0.25) is 0 Å². The van der Waals surface area contributed by atoms with E-state index in [-0.39, 0.29) is 29.4 Å². The van der Waals surface area contributed by atoms with Crippen LogP contribution in [0.25, 0.3) is 0 Å². The standard InChI is InChI=1S/C17H26O7/c1-5-6-7-8-9-10-24-17(20)11-12(18)13(19)15(22-3)16(23-4)14(11)21-2/h18-19H,5-10H2,1-4H3. The van der Waals surface area contributed by atoms with E-state index in [9.17, 15) is 15.0 Å². The van der Waals surface area contributed by atoms with Crippen molar-refractivity contribution in [3.05, 3.63) is 5.56 Å². The Morgan fingerprint density at radius 1 is 0.833 bits per heavy atom. The van der Waals surface area contributed by atoms with Crippen LogP contribution in [0.2, 0.25) is 0 Å². The third-order valence-electron chi connectivity index (χ3n) is 3.61. The van der Waals surface area contributed by atoms with Crippen molar-refractivity contribution in [2.45, 2.75) is 39.0 Å². The van der Waals surface area contributed by atoms with Gasteiger partial charge >= 0.3 is 5.97 Å². The molecule has 1 aromatic carbocycles. The van der Waals surface area contributed by atoms with E-state index in [0.717, 1.165) is 32.1 Å². The first kappa shape index (κ1) is 19.7. The van der Waals surface area contributed by atoms with Crippen LogP contribution < -0.4 is 14.2 Å². The number of rotatable bonds is 10. The summed E-state index contributed by atoms with van der Waals surface area (Å²) in [5, 5.41) is 20.1. The molecule has 0 radical (unpaired) electrons. The van der Waals surface area contributed by atoms with E-state index in [4.69, 9.17) is 18.9 Å². The summed E-state index contributed by atoms with van der Waals surface area (Å²) in [4.78, 5) is 12.3. The lowest BCUT2D eigenvalue weighted by molar-refractivity contribution is 0.0488. The van der Waals surface area contributed by atoms with Crippen molar-refractivity contribution in [1.82, 2.24) is 0 Å². The first-order valence-electron chi connectivity index (χ1n) is 7.94. The highest BCUT2D eigenvalue weighted by Gasteiger charge is 2.31. The first-order chi connectivity index (χ1) is 11.5. The third kappa shape index (κ3) is 4.37. The summed E-state index contributed by atoms with van der Waals surface area (Å²) in [5.41, 5.74) is -0.291. The molecule has 0 aliphatic rings. The molecule has 7 nitrogen and oxygen atoms in total. The predicted octanol–water partition coefficient (Wildman–Crippen LogP) is 3.25. The maximum absolute atomic E-state index is 12.3. The quantitative estimate of drug-likeness (QED) is 0.383. The number of hydrogen-bond donors (Lipinski definition) is 2. The van der Waals surface area contributed by atoms with Crippen molar-refractivity contribution in [1.29, 1.82) is 0 Å². The molecule has 7 heteroatoms. The van der Waals surface area contributed by atoms with Gasteiger partial charge in [-0.15, -0.1) is 0 Å². The average Bonchev–Trinajstić information content (AvgIpc) is 2.59. The number of phenols is 2. The molecule has 24 heavy (non-hydrogen) atoms. The highest BCUT2D eigenvalue weighted by atomic mass is 16.5. The molecule has 1 rings (SSSR count). The molecule has 0 amide bonds. The van der Waals surface area contributed by atoms with Crippen LogP contribution in [0.1, 0.15) is 49.4 Å². The van der Waals surface area contributed by atoms with Gasteiger partial charge in [-0.1, -0.05) is 32.6 Å². The van der Waals surface area contributed by atoms with E-state index in [0.29, 0.717) is 0 Å². The fourth-order valence-corrected chi connectivity index (χ4v) is 2.36. The minimum atomic E-state index is -0.795. The highest BCUT2D eigenvalue weighted by molar-refractivity contribution is 5.99. The zero-order valence-electron chi connectivity index (χ0n) is 14.7. The molecule has 0 unspecified atom stereocenters. The number of carbonyl (C=O) groups is 1. The Labute approximate surface area is 142 Å². The number of benzene rings is 1. The zero-order valence-corrected chi connectivity index (χ0v) is 14.7. The van der Waals surface area contributed by atoms with Gasteiger partial charge in [-0.2, -0.15) is 0 Å². The summed E-state index contributed by atoms with van der Waals surface area (Å²) >= 11 is 0. The monoisotopic (exact) mass is 342 g/mol. The van der Waals surface area contributed by atoms with Crippen LogP contribution >= 0.6 is 0 Å². The molecular weight excluding hydrogens is 316 g/mol. The van der Waals surface area contributed by atoms with Crippen LogP contribution in [-0.2, 0) is 4.74 Å². The van der Waals surface area contributed by atoms with Gasteiger partial charge in [0, 0.05) is 0 Å². The van der Waals surface area contributed by atoms with Gasteiger partial charge in [0.2, 0.25) is 17.2 Å². The topological polar surface area (TPSA) is 94.5 Å². The molecule has 1 aromatic rings. The smallest absolute Gasteiger partial charge is 0.346 e. The molecule has 2 N–H and O–H groups in total. The van der Waals surface area contributed by atoms with Gasteiger partial charge in [-0.05, 0) is 6.42 Å². The van der Waals surface area contributed by atoms with Gasteiger partial charge < -0.3 is 29.2 Å². The Balaban J connectivity index is 2.97. The van der Waals surface area contributed by atoms with Crippen molar-refractivity contribution in [2.24, 2.45) is 0 Å². The minimum absolute atomic E-state index is 0.00481. The molecule has 0 aliphatic heterocycles. The molecule has 0 aliphatic carbocycles. The van der Waals surface area contributed by atoms with E-state index < -0.39 is 17.5 Å². The lowest BCUT2D eigenvalue weighted by atomic mass is 10.1. The maximum Gasteiger partial charge on any atom is 0.346 e. The van der Waals surface area contributed by atoms with Crippen molar-refractivity contribution >= 4 is 5.97 Å². The Hall–Kier alpha value is -2.31. The van der Waals surface area contributed by atoms with Crippen LogP contribution in [0.15, 0.2) is 0 Å². The van der Waals surface area contributed by atoms with Gasteiger partial charge in [0.1, 0.15) is 0 Å². The van der Waals surface area contributed by atoms with Crippen LogP contribution in [0.3, 0.4) is 0 Å². The Morgan fingerprint density at radius 3 is 1.96 bits per heavy atom. The molecule has 0 bridgehead atoms. The van der Waals surface area contributed by atoms with Gasteiger partial charge in [0.15, 0.2) is 17.1 Å². The van der Waals surface area contributed by atoms with E-state index in [1.54, 1.807) is 0 Å². The van der Waals surface area contributed by atoms with E-state index in [2.05, 4.69) is 6.92 Å². The Morgan fingerprint density at radius 2 is 1.42 bits per heavy atom. The molecule has 0 spiro atoms. The summed E-state index contributed by atoms with van der Waals surface area (Å²) in [6.07, 6.45) is 5.05. The van der Waals surface area contributed by atoms with Gasteiger partial charge in [0.05, 0.1) is 27.9 Å². The number of hydrogen-bond acceptors (Lipinski definition) is 7. The summed E-state index contributed by atoms with van der Waals surface area (Å²) < 4.78 is 20.4. The summed E-state index contributed by atoms with van der Waals surface area (Å²) in [6.45, 7) is 2.35. The molecular formula is C17H26O7. The van der Waals surface area contributed by atoms with Crippen LogP contribution in [0.5, 0.6) is 28.7 Å². The fourth-order valence-electron chi connectivity index (χ4n) is 2.36. The number of phenolic OH excluding ortho intramolecular Hbond substituents is 2. The minimum Gasteiger partial charge on any atom is -0.503 e. The molecule has 0 atom stereocenters. The third-order valence-corrected chi connectivity index (χ3v) is 3.61. The predicted molar refractivity (Wildman–Crippen MR) is 88.5 cm³/mol. The Bertz CT molecular complexity index is 555. The molecule has 0 heterocycles. The lowest BCUT2D eigenvalue weighted by Gasteiger charge is -2.18. The molecule has 136 valence electrons.